The van der Waals surface area contributed by atoms with Crippen LogP contribution < -0.4 is 15.4 Å². The third kappa shape index (κ3) is 4.82. The highest BCUT2D eigenvalue weighted by molar-refractivity contribution is 6.04. The first-order valence-electron chi connectivity index (χ1n) is 8.75. The van der Waals surface area contributed by atoms with Gasteiger partial charge in [0.2, 0.25) is 5.95 Å². The Labute approximate surface area is 158 Å². The molecule has 0 aliphatic rings. The molecule has 0 bridgehead atoms. The topological polar surface area (TPSA) is 76.1 Å². The molecule has 2 N–H and O–H groups in total. The molecule has 138 valence electrons. The maximum atomic E-state index is 12.4. The summed E-state index contributed by atoms with van der Waals surface area (Å²) < 4.78 is 5.57. The van der Waals surface area contributed by atoms with E-state index in [0.29, 0.717) is 18.1 Å². The van der Waals surface area contributed by atoms with E-state index in [9.17, 15) is 4.79 Å². The zero-order valence-electron chi connectivity index (χ0n) is 15.6. The van der Waals surface area contributed by atoms with E-state index in [2.05, 4.69) is 26.7 Å². The predicted octanol–water partition coefficient (Wildman–Crippen LogP) is 4.49. The summed E-state index contributed by atoms with van der Waals surface area (Å²) in [5.41, 5.74) is 4.10. The number of rotatable bonds is 6. The second kappa shape index (κ2) is 8.31. The summed E-state index contributed by atoms with van der Waals surface area (Å²) in [5, 5.41) is 5.98. The number of anilines is 3. The van der Waals surface area contributed by atoms with Crippen molar-refractivity contribution in [3.8, 4) is 5.75 Å². The van der Waals surface area contributed by atoms with Gasteiger partial charge in [0, 0.05) is 18.1 Å². The molecule has 0 unspecified atom stereocenters. The summed E-state index contributed by atoms with van der Waals surface area (Å²) in [6.45, 7) is 6.48. The molecule has 1 amide bonds. The predicted molar refractivity (Wildman–Crippen MR) is 107 cm³/mol. The molecular weight excluding hydrogens is 340 g/mol. The number of nitrogens with one attached hydrogen (secondary N) is 2. The molecule has 1 heterocycles. The average molecular weight is 362 g/mol. The van der Waals surface area contributed by atoms with Gasteiger partial charge < -0.3 is 15.4 Å². The Hall–Kier alpha value is -3.41. The lowest BCUT2D eigenvalue weighted by molar-refractivity contribution is 0.102. The Kier molecular flexibility index (Phi) is 5.66. The highest BCUT2D eigenvalue weighted by Gasteiger charge is 2.10. The Balaban J connectivity index is 1.70. The van der Waals surface area contributed by atoms with Crippen molar-refractivity contribution in [2.75, 3.05) is 17.2 Å². The van der Waals surface area contributed by atoms with Gasteiger partial charge >= 0.3 is 0 Å². The summed E-state index contributed by atoms with van der Waals surface area (Å²) in [6, 6.07) is 13.5. The van der Waals surface area contributed by atoms with Gasteiger partial charge in [-0.2, -0.15) is 0 Å². The summed E-state index contributed by atoms with van der Waals surface area (Å²) in [7, 11) is 0. The number of hydrogen-bond donors (Lipinski definition) is 2. The molecule has 0 atom stereocenters. The van der Waals surface area contributed by atoms with Gasteiger partial charge in [-0.15, -0.1) is 0 Å². The Morgan fingerprint density at radius 3 is 2.37 bits per heavy atom. The average Bonchev–Trinajstić information content (AvgIpc) is 2.63. The van der Waals surface area contributed by atoms with Crippen molar-refractivity contribution in [3.05, 3.63) is 71.5 Å². The van der Waals surface area contributed by atoms with Crippen LogP contribution in [0.4, 0.5) is 17.3 Å². The first-order valence-corrected chi connectivity index (χ1v) is 8.75. The molecule has 2 aromatic carbocycles. The van der Waals surface area contributed by atoms with E-state index in [0.717, 1.165) is 28.3 Å². The Bertz CT molecular complexity index is 919. The van der Waals surface area contributed by atoms with Gasteiger partial charge in [0.25, 0.3) is 5.91 Å². The van der Waals surface area contributed by atoms with E-state index in [4.69, 9.17) is 4.74 Å². The molecule has 6 nitrogen and oxygen atoms in total. The van der Waals surface area contributed by atoms with Crippen LogP contribution in [0.2, 0.25) is 0 Å². The maximum Gasteiger partial charge on any atom is 0.258 e. The van der Waals surface area contributed by atoms with Crippen molar-refractivity contribution in [2.45, 2.75) is 20.8 Å². The molecule has 0 aliphatic carbocycles. The van der Waals surface area contributed by atoms with E-state index >= 15 is 0 Å². The van der Waals surface area contributed by atoms with Gasteiger partial charge in [-0.05, 0) is 56.2 Å². The summed E-state index contributed by atoms with van der Waals surface area (Å²) in [5.74, 6) is 0.867. The normalized spacial score (nSPS) is 10.3. The number of aryl methyl sites for hydroxylation is 2. The number of aromatic nitrogens is 2. The second-order valence-corrected chi connectivity index (χ2v) is 6.18. The molecule has 0 saturated heterocycles. The third-order valence-electron chi connectivity index (χ3n) is 3.83. The SMILES string of the molecule is CCOc1ccccc1Nc1ncc(C(=O)Nc2cc(C)cc(C)c2)cn1. The van der Waals surface area contributed by atoms with E-state index in [-0.39, 0.29) is 5.91 Å². The lowest BCUT2D eigenvalue weighted by Crippen LogP contribution is -2.13. The van der Waals surface area contributed by atoms with E-state index in [1.54, 1.807) is 0 Å². The number of nitrogens with zero attached hydrogens (tertiary/aromatic N) is 2. The molecule has 0 fully saturated rings. The van der Waals surface area contributed by atoms with Crippen LogP contribution in [0.25, 0.3) is 0 Å². The number of carbonyl (C=O) groups excluding carboxylic acids is 1. The van der Waals surface area contributed by atoms with Crippen LogP contribution in [-0.2, 0) is 0 Å². The van der Waals surface area contributed by atoms with Crippen molar-refractivity contribution < 1.29 is 9.53 Å². The van der Waals surface area contributed by atoms with Crippen LogP contribution in [-0.4, -0.2) is 22.5 Å². The van der Waals surface area contributed by atoms with Gasteiger partial charge in [0.05, 0.1) is 17.9 Å². The number of ether oxygens (including phenoxy) is 1. The van der Waals surface area contributed by atoms with Crippen molar-refractivity contribution in [1.29, 1.82) is 0 Å². The smallest absolute Gasteiger partial charge is 0.258 e. The van der Waals surface area contributed by atoms with Crippen LogP contribution in [0, 0.1) is 13.8 Å². The molecule has 3 aromatic rings. The number of para-hydroxylation sites is 2. The third-order valence-corrected chi connectivity index (χ3v) is 3.83. The van der Waals surface area contributed by atoms with Crippen molar-refractivity contribution in [2.24, 2.45) is 0 Å². The maximum absolute atomic E-state index is 12.4. The Morgan fingerprint density at radius 2 is 1.70 bits per heavy atom. The fourth-order valence-corrected chi connectivity index (χ4v) is 2.73. The fourth-order valence-electron chi connectivity index (χ4n) is 2.73. The Morgan fingerprint density at radius 1 is 1.04 bits per heavy atom. The standard InChI is InChI=1S/C21H22N4O2/c1-4-27-19-8-6-5-7-18(19)25-21-22-12-16(13-23-21)20(26)24-17-10-14(2)9-15(3)11-17/h5-13H,4H2,1-3H3,(H,24,26)(H,22,23,25). The zero-order valence-corrected chi connectivity index (χ0v) is 15.6. The second-order valence-electron chi connectivity index (χ2n) is 6.18. The van der Waals surface area contributed by atoms with Gasteiger partial charge in [0.15, 0.2) is 0 Å². The monoisotopic (exact) mass is 362 g/mol. The number of carbonyl (C=O) groups is 1. The first kappa shape index (κ1) is 18.4. The summed E-state index contributed by atoms with van der Waals surface area (Å²) in [4.78, 5) is 20.9. The van der Waals surface area contributed by atoms with Gasteiger partial charge in [-0.3, -0.25) is 4.79 Å². The van der Waals surface area contributed by atoms with E-state index < -0.39 is 0 Å². The minimum absolute atomic E-state index is 0.249. The molecule has 0 radical (unpaired) electrons. The van der Waals surface area contributed by atoms with Crippen molar-refractivity contribution >= 4 is 23.2 Å². The zero-order chi connectivity index (χ0) is 19.2. The highest BCUT2D eigenvalue weighted by Crippen LogP contribution is 2.26. The van der Waals surface area contributed by atoms with Crippen molar-refractivity contribution in [3.63, 3.8) is 0 Å². The largest absolute Gasteiger partial charge is 0.492 e. The number of hydrogen-bond acceptors (Lipinski definition) is 5. The minimum Gasteiger partial charge on any atom is -0.492 e. The molecule has 0 aliphatic heterocycles. The fraction of sp³-hybridized carbons (Fsp3) is 0.190. The molecule has 0 saturated carbocycles. The van der Waals surface area contributed by atoms with Gasteiger partial charge in [0.1, 0.15) is 5.75 Å². The lowest BCUT2D eigenvalue weighted by atomic mass is 10.1. The van der Waals surface area contributed by atoms with E-state index in [1.165, 1.54) is 12.4 Å². The highest BCUT2D eigenvalue weighted by atomic mass is 16.5. The molecular formula is C21H22N4O2. The van der Waals surface area contributed by atoms with Crippen LogP contribution in [0.1, 0.15) is 28.4 Å². The quantitative estimate of drug-likeness (QED) is 0.676. The van der Waals surface area contributed by atoms with Gasteiger partial charge in [-0.25, -0.2) is 9.97 Å². The van der Waals surface area contributed by atoms with Crippen LogP contribution in [0.15, 0.2) is 54.9 Å². The molecule has 1 aromatic heterocycles. The summed E-state index contributed by atoms with van der Waals surface area (Å²) >= 11 is 0. The van der Waals surface area contributed by atoms with Crippen LogP contribution in [0.3, 0.4) is 0 Å². The molecule has 0 spiro atoms. The number of amides is 1. The number of benzene rings is 2. The van der Waals surface area contributed by atoms with E-state index in [1.807, 2.05) is 57.2 Å². The molecule has 27 heavy (non-hydrogen) atoms. The lowest BCUT2D eigenvalue weighted by Gasteiger charge is -2.11. The van der Waals surface area contributed by atoms with Crippen LogP contribution in [0.5, 0.6) is 5.75 Å². The molecule has 6 heteroatoms. The molecule has 3 rings (SSSR count). The van der Waals surface area contributed by atoms with Crippen LogP contribution >= 0.6 is 0 Å². The van der Waals surface area contributed by atoms with Crippen molar-refractivity contribution in [1.82, 2.24) is 9.97 Å². The van der Waals surface area contributed by atoms with Gasteiger partial charge in [-0.1, -0.05) is 18.2 Å². The summed E-state index contributed by atoms with van der Waals surface area (Å²) in [6.07, 6.45) is 2.99. The first-order chi connectivity index (χ1) is 13.0. The minimum atomic E-state index is -0.249.